The lowest BCUT2D eigenvalue weighted by Gasteiger charge is -2.24. The number of carboxylic acid groups (broad SMARTS) is 1. The first-order valence-electron chi connectivity index (χ1n) is 7.39. The zero-order valence-corrected chi connectivity index (χ0v) is 15.5. The molecule has 2 atom stereocenters. The average molecular weight is 386 g/mol. The van der Waals surface area contributed by atoms with Crippen LogP contribution in [0.1, 0.15) is 19.8 Å². The maximum absolute atomic E-state index is 12.3. The molecule has 1 saturated heterocycles. The van der Waals surface area contributed by atoms with Crippen LogP contribution in [0.15, 0.2) is 0 Å². The Kier molecular flexibility index (Phi) is 10.00. The number of likely N-dealkylation sites (tertiary alicyclic amines) is 1. The van der Waals surface area contributed by atoms with E-state index in [0.29, 0.717) is 43.4 Å². The van der Waals surface area contributed by atoms with Crippen LogP contribution in [0.5, 0.6) is 0 Å². The number of carbonyl (C=O) groups excluding carboxylic acids is 1. The number of carbonyl (C=O) groups is 2. The molecule has 1 aliphatic rings. The fourth-order valence-electron chi connectivity index (χ4n) is 2.29. The minimum Gasteiger partial charge on any atom is -0.480 e. The number of hydrogen-bond donors (Lipinski definition) is 2. The smallest absolute Gasteiger partial charge is 0.326 e. The van der Waals surface area contributed by atoms with Gasteiger partial charge in [-0.15, -0.1) is 0 Å². The van der Waals surface area contributed by atoms with Gasteiger partial charge in [0.15, 0.2) is 9.74 Å². The molecule has 1 fully saturated rings. The molecule has 0 bridgehead atoms. The number of thioether (sulfide) groups is 1. The third kappa shape index (κ3) is 7.77. The Morgan fingerprint density at radius 3 is 2.70 bits per heavy atom. The highest BCUT2D eigenvalue weighted by atomic mass is 33.1. The third-order valence-electron chi connectivity index (χ3n) is 3.41. The second kappa shape index (κ2) is 11.2. The molecule has 1 N–H and O–H groups in total. The molecule has 134 valence electrons. The van der Waals surface area contributed by atoms with Crippen molar-refractivity contribution >= 4 is 44.2 Å². The first-order chi connectivity index (χ1) is 10.9. The number of amides is 1. The molecule has 0 aromatic heterocycles. The maximum atomic E-state index is 12.3. The van der Waals surface area contributed by atoms with Gasteiger partial charge in [-0.3, -0.25) is 4.79 Å². The monoisotopic (exact) mass is 385 g/mol. The van der Waals surface area contributed by atoms with E-state index in [9.17, 15) is 18.0 Å². The molecule has 0 unspecified atom stereocenters. The molecule has 23 heavy (non-hydrogen) atoms. The lowest BCUT2D eigenvalue weighted by Crippen LogP contribution is -2.43. The van der Waals surface area contributed by atoms with Crippen molar-refractivity contribution in [2.45, 2.75) is 25.8 Å². The van der Waals surface area contributed by atoms with Crippen molar-refractivity contribution in [3.8, 4) is 0 Å². The summed E-state index contributed by atoms with van der Waals surface area (Å²) in [6.45, 7) is 3.22. The van der Waals surface area contributed by atoms with Gasteiger partial charge in [-0.2, -0.15) is 11.8 Å². The summed E-state index contributed by atoms with van der Waals surface area (Å²) in [6.07, 6.45) is 1.27. The molecule has 1 heterocycles. The predicted molar refractivity (Wildman–Crippen MR) is 92.5 cm³/mol. The number of ether oxygens (including phenoxy) is 1. The van der Waals surface area contributed by atoms with Crippen molar-refractivity contribution in [3.05, 3.63) is 0 Å². The molecule has 0 saturated carbocycles. The largest absolute Gasteiger partial charge is 0.480 e. The summed E-state index contributed by atoms with van der Waals surface area (Å²) >= 11 is 1.58. The van der Waals surface area contributed by atoms with Crippen LogP contribution in [-0.4, -0.2) is 73.4 Å². The van der Waals surface area contributed by atoms with E-state index in [4.69, 9.17) is 9.84 Å². The highest BCUT2D eigenvalue weighted by Crippen LogP contribution is 2.21. The lowest BCUT2D eigenvalue weighted by atomic mass is 10.1. The average Bonchev–Trinajstić information content (AvgIpc) is 2.98. The van der Waals surface area contributed by atoms with E-state index in [1.54, 1.807) is 11.8 Å². The molecule has 1 amide bonds. The molecular formula is C13H23NO6S3. The van der Waals surface area contributed by atoms with Crippen molar-refractivity contribution in [1.29, 1.82) is 0 Å². The number of thiol groups is 1. The highest BCUT2D eigenvalue weighted by Gasteiger charge is 2.35. The first-order valence-corrected chi connectivity index (χ1v) is 11.3. The van der Waals surface area contributed by atoms with Crippen molar-refractivity contribution < 1.29 is 27.9 Å². The van der Waals surface area contributed by atoms with Crippen LogP contribution in [-0.2, 0) is 24.1 Å². The zero-order valence-electron chi connectivity index (χ0n) is 13.0. The van der Waals surface area contributed by atoms with Gasteiger partial charge < -0.3 is 14.7 Å². The van der Waals surface area contributed by atoms with Crippen LogP contribution in [0.2, 0.25) is 0 Å². The Hall–Kier alpha value is -0.450. The predicted octanol–water partition coefficient (Wildman–Crippen LogP) is 0.707. The molecule has 0 aromatic carbocycles. The van der Waals surface area contributed by atoms with Gasteiger partial charge in [0.05, 0.1) is 13.2 Å². The minimum absolute atomic E-state index is 0.0982. The molecule has 7 nitrogen and oxygen atoms in total. The standard InChI is InChI=1S/C13H23NO6S3/c1-10(9-21-7-5-20-6-8-22-23(18)19)12(15)14-4-2-3-11(14)13(16)17/h10-11,23H,2-9H2,1H3,(H,16,17)/t10-,11+/m1/s1. The van der Waals surface area contributed by atoms with Gasteiger partial charge in [0, 0.05) is 29.7 Å². The molecule has 10 heteroatoms. The highest BCUT2D eigenvalue weighted by molar-refractivity contribution is 8.64. The lowest BCUT2D eigenvalue weighted by molar-refractivity contribution is -0.149. The van der Waals surface area contributed by atoms with Gasteiger partial charge in [0.2, 0.25) is 5.91 Å². The van der Waals surface area contributed by atoms with Crippen LogP contribution in [0.25, 0.3) is 0 Å². The van der Waals surface area contributed by atoms with Crippen LogP contribution < -0.4 is 0 Å². The fourth-order valence-corrected chi connectivity index (χ4v) is 4.20. The summed E-state index contributed by atoms with van der Waals surface area (Å²) in [6, 6.07) is -0.678. The Balaban J connectivity index is 2.15. The second-order valence-electron chi connectivity index (χ2n) is 5.17. The Bertz CT molecular complexity index is 463. The molecule has 0 radical (unpaired) electrons. The molecule has 1 aliphatic heterocycles. The first kappa shape index (κ1) is 20.6. The van der Waals surface area contributed by atoms with E-state index in [-0.39, 0.29) is 11.8 Å². The van der Waals surface area contributed by atoms with Crippen LogP contribution in [0.4, 0.5) is 0 Å². The molecule has 0 aromatic rings. The van der Waals surface area contributed by atoms with Gasteiger partial charge in [-0.25, -0.2) is 13.2 Å². The number of aliphatic carboxylic acids is 1. The molecule has 0 aliphatic carbocycles. The van der Waals surface area contributed by atoms with E-state index in [1.165, 1.54) is 4.90 Å². The summed E-state index contributed by atoms with van der Waals surface area (Å²) in [5.41, 5.74) is 0. The van der Waals surface area contributed by atoms with Crippen LogP contribution in [0, 0.1) is 5.92 Å². The normalized spacial score (nSPS) is 19.2. The Morgan fingerprint density at radius 1 is 1.35 bits per heavy atom. The second-order valence-corrected chi connectivity index (χ2v) is 9.11. The van der Waals surface area contributed by atoms with Gasteiger partial charge in [0.1, 0.15) is 6.04 Å². The van der Waals surface area contributed by atoms with E-state index in [1.807, 2.05) is 6.92 Å². The third-order valence-corrected chi connectivity index (χ3v) is 6.34. The quantitative estimate of drug-likeness (QED) is 0.305. The van der Waals surface area contributed by atoms with Crippen LogP contribution >= 0.6 is 22.6 Å². The molecule has 1 rings (SSSR count). The summed E-state index contributed by atoms with van der Waals surface area (Å²) < 4.78 is 25.9. The van der Waals surface area contributed by atoms with E-state index >= 15 is 0 Å². The fraction of sp³-hybridized carbons (Fsp3) is 0.846. The summed E-state index contributed by atoms with van der Waals surface area (Å²) in [7, 11) is -1.57. The SMILES string of the molecule is C[C@H](CSCCOCCS[SH](=O)=O)C(=O)N1CCC[C@H]1C(=O)O. The maximum Gasteiger partial charge on any atom is 0.326 e. The minimum atomic E-state index is -2.41. The number of rotatable bonds is 11. The summed E-state index contributed by atoms with van der Waals surface area (Å²) in [4.78, 5) is 24.9. The summed E-state index contributed by atoms with van der Waals surface area (Å²) in [5.74, 6) is 0.505. The van der Waals surface area contributed by atoms with Gasteiger partial charge in [-0.1, -0.05) is 6.92 Å². The van der Waals surface area contributed by atoms with Gasteiger partial charge in [-0.05, 0) is 23.6 Å². The Morgan fingerprint density at radius 2 is 2.04 bits per heavy atom. The van der Waals surface area contributed by atoms with Gasteiger partial charge in [0.25, 0.3) is 0 Å². The zero-order chi connectivity index (χ0) is 17.2. The topological polar surface area (TPSA) is 101 Å². The van der Waals surface area contributed by atoms with Crippen molar-refractivity contribution in [3.63, 3.8) is 0 Å². The van der Waals surface area contributed by atoms with Crippen molar-refractivity contribution in [1.82, 2.24) is 4.90 Å². The van der Waals surface area contributed by atoms with Crippen LogP contribution in [0.3, 0.4) is 0 Å². The molecular weight excluding hydrogens is 362 g/mol. The number of hydrogen-bond acceptors (Lipinski definition) is 7. The van der Waals surface area contributed by atoms with E-state index < -0.39 is 21.7 Å². The van der Waals surface area contributed by atoms with Gasteiger partial charge >= 0.3 is 5.97 Å². The number of nitrogens with zero attached hydrogens (tertiary/aromatic N) is 1. The summed E-state index contributed by atoms with van der Waals surface area (Å²) in [5, 5.41) is 9.11. The van der Waals surface area contributed by atoms with Crippen molar-refractivity contribution in [2.24, 2.45) is 5.92 Å². The van der Waals surface area contributed by atoms with E-state index in [0.717, 1.165) is 17.2 Å². The number of carboxylic acids is 1. The van der Waals surface area contributed by atoms with Crippen molar-refractivity contribution in [2.75, 3.05) is 37.0 Å². The molecule has 0 spiro atoms. The van der Waals surface area contributed by atoms with E-state index in [2.05, 4.69) is 0 Å². The Labute approximate surface area is 145 Å².